The first-order valence-electron chi connectivity index (χ1n) is 11.8. The normalized spacial score (nSPS) is 11.3. The van der Waals surface area contributed by atoms with Crippen LogP contribution in [0.4, 0.5) is 24.5 Å². The number of amides is 2. The summed E-state index contributed by atoms with van der Waals surface area (Å²) in [5.41, 5.74) is -0.964. The summed E-state index contributed by atoms with van der Waals surface area (Å²) in [4.78, 5) is 36.1. The molecule has 204 valence electrons. The number of benzene rings is 3. The second-order valence-electron chi connectivity index (χ2n) is 9.19. The molecule has 1 aromatic heterocycles. The smallest absolute Gasteiger partial charge is 0.417 e. The van der Waals surface area contributed by atoms with E-state index in [1.54, 1.807) is 13.8 Å². The molecule has 0 saturated heterocycles. The van der Waals surface area contributed by atoms with Gasteiger partial charge in [-0.15, -0.1) is 0 Å². The van der Waals surface area contributed by atoms with Crippen LogP contribution in [-0.2, 0) is 11.0 Å². The molecule has 0 radical (unpaired) electrons. The first-order chi connectivity index (χ1) is 18.8. The number of halogens is 3. The molecular formula is C28H21F3N4O5. The van der Waals surface area contributed by atoms with E-state index in [0.29, 0.717) is 5.56 Å². The van der Waals surface area contributed by atoms with Crippen LogP contribution in [0.15, 0.2) is 53.1 Å². The summed E-state index contributed by atoms with van der Waals surface area (Å²) in [7, 11) is 0. The van der Waals surface area contributed by atoms with Crippen LogP contribution in [0, 0.1) is 11.3 Å². The molecular weight excluding hydrogens is 529 g/mol. The van der Waals surface area contributed by atoms with Crippen molar-refractivity contribution < 1.29 is 37.2 Å². The third-order valence-electron chi connectivity index (χ3n) is 6.04. The minimum atomic E-state index is -4.75. The van der Waals surface area contributed by atoms with E-state index in [-0.39, 0.29) is 56.2 Å². The topological polar surface area (TPSA) is 145 Å². The lowest BCUT2D eigenvalue weighted by molar-refractivity contribution is -0.137. The zero-order valence-electron chi connectivity index (χ0n) is 21.3. The zero-order valence-corrected chi connectivity index (χ0v) is 21.3. The average molecular weight is 550 g/mol. The van der Waals surface area contributed by atoms with Gasteiger partial charge in [-0.25, -0.2) is 4.79 Å². The summed E-state index contributed by atoms with van der Waals surface area (Å²) >= 11 is 0. The van der Waals surface area contributed by atoms with Crippen LogP contribution in [0.25, 0.3) is 22.1 Å². The standard InChI is InChI=1S/C28H21F3N4O5/c1-13(2)18-10-21-24(11-19(18)17-6-5-16(33-14(3)36)9-22(17)28(29,30)31)40-35-25(21)26(37)34-23-7-4-15(12-32)8-20(23)27(38)39/h4-11,13H,1-3H3,(H,33,36)(H,34,37)(H,38,39). The van der Waals surface area contributed by atoms with Crippen molar-refractivity contribution in [3.63, 3.8) is 0 Å². The molecule has 9 nitrogen and oxygen atoms in total. The summed E-state index contributed by atoms with van der Waals surface area (Å²) < 4.78 is 47.6. The van der Waals surface area contributed by atoms with Crippen molar-refractivity contribution >= 4 is 40.1 Å². The number of alkyl halides is 3. The number of carboxylic acids is 1. The van der Waals surface area contributed by atoms with Crippen LogP contribution in [0.5, 0.6) is 0 Å². The second-order valence-corrected chi connectivity index (χ2v) is 9.19. The van der Waals surface area contributed by atoms with Gasteiger partial charge in [-0.1, -0.05) is 25.1 Å². The highest BCUT2D eigenvalue weighted by Gasteiger charge is 2.35. The molecule has 0 unspecified atom stereocenters. The maximum absolute atomic E-state index is 14.1. The molecule has 12 heteroatoms. The maximum atomic E-state index is 14.1. The Morgan fingerprint density at radius 1 is 1.02 bits per heavy atom. The molecule has 0 spiro atoms. The molecule has 4 aromatic rings. The number of aromatic nitrogens is 1. The molecule has 40 heavy (non-hydrogen) atoms. The molecule has 0 fully saturated rings. The van der Waals surface area contributed by atoms with Gasteiger partial charge in [-0.2, -0.15) is 18.4 Å². The number of aromatic carboxylic acids is 1. The van der Waals surface area contributed by atoms with Crippen molar-refractivity contribution in [2.45, 2.75) is 32.9 Å². The highest BCUT2D eigenvalue weighted by molar-refractivity contribution is 6.13. The molecule has 0 saturated carbocycles. The third-order valence-corrected chi connectivity index (χ3v) is 6.04. The van der Waals surface area contributed by atoms with Gasteiger partial charge >= 0.3 is 12.1 Å². The molecule has 0 aliphatic carbocycles. The number of nitrogens with zero attached hydrogens (tertiary/aromatic N) is 2. The number of rotatable bonds is 6. The van der Waals surface area contributed by atoms with Gasteiger partial charge in [-0.3, -0.25) is 9.59 Å². The van der Waals surface area contributed by atoms with Crippen LogP contribution in [0.1, 0.15) is 64.2 Å². The fourth-order valence-corrected chi connectivity index (χ4v) is 4.25. The van der Waals surface area contributed by atoms with E-state index in [0.717, 1.165) is 12.1 Å². The first kappa shape index (κ1) is 27.8. The van der Waals surface area contributed by atoms with Gasteiger partial charge in [0, 0.05) is 12.6 Å². The molecule has 0 aliphatic rings. The van der Waals surface area contributed by atoms with Crippen LogP contribution in [0.3, 0.4) is 0 Å². The van der Waals surface area contributed by atoms with E-state index >= 15 is 0 Å². The lowest BCUT2D eigenvalue weighted by Crippen LogP contribution is -2.15. The molecule has 1 heterocycles. The van der Waals surface area contributed by atoms with Crippen molar-refractivity contribution in [3.8, 4) is 17.2 Å². The molecule has 0 bridgehead atoms. The number of carbonyl (C=O) groups is 3. The Bertz CT molecular complexity index is 1720. The van der Waals surface area contributed by atoms with Crippen molar-refractivity contribution in [2.24, 2.45) is 0 Å². The number of carbonyl (C=O) groups excluding carboxylic acids is 2. The van der Waals surface area contributed by atoms with E-state index in [4.69, 9.17) is 9.78 Å². The van der Waals surface area contributed by atoms with E-state index < -0.39 is 29.5 Å². The van der Waals surface area contributed by atoms with E-state index in [1.165, 1.54) is 43.3 Å². The van der Waals surface area contributed by atoms with E-state index in [2.05, 4.69) is 15.8 Å². The average Bonchev–Trinajstić information content (AvgIpc) is 3.30. The largest absolute Gasteiger partial charge is 0.478 e. The summed E-state index contributed by atoms with van der Waals surface area (Å²) in [6.45, 7) is 4.73. The van der Waals surface area contributed by atoms with Crippen LogP contribution in [0.2, 0.25) is 0 Å². The minimum absolute atomic E-state index is 0.0158. The van der Waals surface area contributed by atoms with Gasteiger partial charge in [0.15, 0.2) is 11.3 Å². The molecule has 3 N–H and O–H groups in total. The highest BCUT2D eigenvalue weighted by Crippen LogP contribution is 2.42. The fraction of sp³-hybridized carbons (Fsp3) is 0.179. The van der Waals surface area contributed by atoms with Gasteiger partial charge in [0.05, 0.1) is 33.8 Å². The number of hydrogen-bond acceptors (Lipinski definition) is 6. The number of anilines is 2. The monoisotopic (exact) mass is 550 g/mol. The SMILES string of the molecule is CC(=O)Nc1ccc(-c2cc3onc(C(=O)Nc4ccc(C#N)cc4C(=O)O)c3cc2C(C)C)c(C(F)(F)F)c1. The number of carboxylic acid groups (broad SMARTS) is 1. The quantitative estimate of drug-likeness (QED) is 0.251. The second kappa shape index (κ2) is 10.5. The Hall–Kier alpha value is -5.18. The van der Waals surface area contributed by atoms with Gasteiger partial charge in [-0.05, 0) is 65.1 Å². The molecule has 3 aromatic carbocycles. The predicted molar refractivity (Wildman–Crippen MR) is 139 cm³/mol. The third kappa shape index (κ3) is 5.49. The number of hydrogen-bond donors (Lipinski definition) is 3. The highest BCUT2D eigenvalue weighted by atomic mass is 19.4. The van der Waals surface area contributed by atoms with Gasteiger partial charge in [0.1, 0.15) is 0 Å². The predicted octanol–water partition coefficient (Wildman–Crippen LogP) is 6.42. The molecule has 0 atom stereocenters. The van der Waals surface area contributed by atoms with Crippen LogP contribution in [-0.4, -0.2) is 28.0 Å². The van der Waals surface area contributed by atoms with Gasteiger partial charge < -0.3 is 20.3 Å². The molecule has 4 rings (SSSR count). The summed E-state index contributed by atoms with van der Waals surface area (Å²) in [5, 5.41) is 27.3. The van der Waals surface area contributed by atoms with Crippen LogP contribution >= 0.6 is 0 Å². The Morgan fingerprint density at radius 3 is 2.35 bits per heavy atom. The Balaban J connectivity index is 1.82. The minimum Gasteiger partial charge on any atom is -0.478 e. The fourth-order valence-electron chi connectivity index (χ4n) is 4.25. The number of fused-ring (bicyclic) bond motifs is 1. The van der Waals surface area contributed by atoms with E-state index in [9.17, 15) is 32.7 Å². The number of nitrogens with one attached hydrogen (secondary N) is 2. The first-order valence-corrected chi connectivity index (χ1v) is 11.8. The summed E-state index contributed by atoms with van der Waals surface area (Å²) in [6, 6.07) is 11.9. The Kier molecular flexibility index (Phi) is 7.33. The van der Waals surface area contributed by atoms with Gasteiger partial charge in [0.2, 0.25) is 5.91 Å². The van der Waals surface area contributed by atoms with E-state index in [1.807, 2.05) is 6.07 Å². The zero-order chi connectivity index (χ0) is 29.4. The van der Waals surface area contributed by atoms with Crippen molar-refractivity contribution in [1.29, 1.82) is 5.26 Å². The Labute approximate surface area is 225 Å². The summed E-state index contributed by atoms with van der Waals surface area (Å²) in [5.74, 6) is -2.99. The number of nitriles is 1. The lowest BCUT2D eigenvalue weighted by atomic mass is 9.88. The maximum Gasteiger partial charge on any atom is 0.417 e. The van der Waals surface area contributed by atoms with Crippen LogP contribution < -0.4 is 10.6 Å². The Morgan fingerprint density at radius 2 is 1.75 bits per heavy atom. The van der Waals surface area contributed by atoms with Crippen molar-refractivity contribution in [3.05, 3.63) is 76.5 Å². The lowest BCUT2D eigenvalue weighted by Gasteiger charge is -2.19. The summed E-state index contributed by atoms with van der Waals surface area (Å²) in [6.07, 6.45) is -4.75. The van der Waals surface area contributed by atoms with Crippen molar-refractivity contribution in [1.82, 2.24) is 5.16 Å². The van der Waals surface area contributed by atoms with Crippen molar-refractivity contribution in [2.75, 3.05) is 10.6 Å². The van der Waals surface area contributed by atoms with Gasteiger partial charge in [0.25, 0.3) is 5.91 Å². The molecule has 2 amide bonds. The molecule has 0 aliphatic heterocycles.